The number of H-pyrrole nitrogens is 1. The van der Waals surface area contributed by atoms with Gasteiger partial charge in [-0.2, -0.15) is 0 Å². The van der Waals surface area contributed by atoms with Crippen molar-refractivity contribution >= 4 is 24.1 Å². The minimum absolute atomic E-state index is 0. The Labute approximate surface area is 131 Å². The van der Waals surface area contributed by atoms with Crippen LogP contribution in [0.4, 0.5) is 0 Å². The van der Waals surface area contributed by atoms with Gasteiger partial charge < -0.3 is 15.6 Å². The van der Waals surface area contributed by atoms with Gasteiger partial charge in [0, 0.05) is 30.8 Å². The third kappa shape index (κ3) is 4.08. The van der Waals surface area contributed by atoms with Crippen LogP contribution in [0.25, 0.3) is 0 Å². The van der Waals surface area contributed by atoms with Gasteiger partial charge in [-0.1, -0.05) is 6.92 Å². The molecule has 6 heteroatoms. The lowest BCUT2D eigenvalue weighted by Gasteiger charge is -2.09. The number of rotatable bonds is 6. The summed E-state index contributed by atoms with van der Waals surface area (Å²) < 4.78 is 0. The molecule has 0 unspecified atom stereocenters. The van der Waals surface area contributed by atoms with E-state index in [1.54, 1.807) is 0 Å². The monoisotopic (exact) mass is 313 g/mol. The van der Waals surface area contributed by atoms with Gasteiger partial charge in [0.2, 0.25) is 0 Å². The normalized spacial score (nSPS) is 13.5. The van der Waals surface area contributed by atoms with E-state index in [0.29, 0.717) is 18.7 Å². The highest BCUT2D eigenvalue weighted by atomic mass is 35.5. The van der Waals surface area contributed by atoms with Crippen LogP contribution in [0, 0.1) is 6.92 Å². The largest absolute Gasteiger partial charge is 0.354 e. The summed E-state index contributed by atoms with van der Waals surface area (Å²) in [6.07, 6.45) is 3.40. The first-order chi connectivity index (χ1) is 9.65. The fraction of sp³-hybridized carbons (Fsp3) is 0.600. The number of aromatic amines is 1. The molecule has 0 spiro atoms. The molecule has 1 aromatic heterocycles. The molecule has 1 aromatic rings. The van der Waals surface area contributed by atoms with Gasteiger partial charge in [0.05, 0.1) is 0 Å². The highest BCUT2D eigenvalue weighted by Gasteiger charge is 2.25. The third-order valence-electron chi connectivity index (χ3n) is 3.68. The second kappa shape index (κ2) is 8.20. The van der Waals surface area contributed by atoms with Crippen molar-refractivity contribution in [3.63, 3.8) is 0 Å². The Balaban J connectivity index is 0.00000220. The molecule has 0 saturated heterocycles. The van der Waals surface area contributed by atoms with Crippen LogP contribution in [0.2, 0.25) is 0 Å². The molecule has 0 saturated carbocycles. The van der Waals surface area contributed by atoms with Gasteiger partial charge in [0.1, 0.15) is 5.69 Å². The Kier molecular flexibility index (Phi) is 6.92. The molecule has 1 aliphatic carbocycles. The van der Waals surface area contributed by atoms with E-state index in [0.717, 1.165) is 49.2 Å². The van der Waals surface area contributed by atoms with Crippen LogP contribution < -0.4 is 10.6 Å². The summed E-state index contributed by atoms with van der Waals surface area (Å²) in [6, 6.07) is 0. The Morgan fingerprint density at radius 2 is 2.00 bits per heavy atom. The average molecular weight is 314 g/mol. The molecule has 2 rings (SSSR count). The van der Waals surface area contributed by atoms with Gasteiger partial charge in [-0.25, -0.2) is 0 Å². The maximum absolute atomic E-state index is 12.1. The van der Waals surface area contributed by atoms with Crippen LogP contribution in [-0.4, -0.2) is 36.3 Å². The zero-order chi connectivity index (χ0) is 14.5. The minimum Gasteiger partial charge on any atom is -0.354 e. The molecule has 5 nitrogen and oxygen atoms in total. The Hall–Kier alpha value is -1.33. The summed E-state index contributed by atoms with van der Waals surface area (Å²) in [5.74, 6) is 0.0339. The molecule has 21 heavy (non-hydrogen) atoms. The van der Waals surface area contributed by atoms with Gasteiger partial charge in [-0.3, -0.25) is 9.59 Å². The molecule has 1 aliphatic rings. The Bertz CT molecular complexity index is 511. The van der Waals surface area contributed by atoms with Crippen LogP contribution in [0.15, 0.2) is 0 Å². The van der Waals surface area contributed by atoms with Crippen LogP contribution in [0.3, 0.4) is 0 Å². The first-order valence-electron chi connectivity index (χ1n) is 7.38. The first kappa shape index (κ1) is 17.7. The number of aryl methyl sites for hydroxylation is 1. The summed E-state index contributed by atoms with van der Waals surface area (Å²) >= 11 is 0. The van der Waals surface area contributed by atoms with E-state index in [4.69, 9.17) is 0 Å². The molecule has 0 aliphatic heterocycles. The van der Waals surface area contributed by atoms with Gasteiger partial charge in [-0.05, 0) is 38.3 Å². The Morgan fingerprint density at radius 1 is 1.24 bits per heavy atom. The van der Waals surface area contributed by atoms with Crippen LogP contribution in [0.5, 0.6) is 0 Å². The number of ketones is 1. The van der Waals surface area contributed by atoms with E-state index in [-0.39, 0.29) is 24.1 Å². The van der Waals surface area contributed by atoms with E-state index in [2.05, 4.69) is 22.5 Å². The predicted octanol–water partition coefficient (Wildman–Crippen LogP) is 1.99. The van der Waals surface area contributed by atoms with Gasteiger partial charge in [0.25, 0.3) is 5.91 Å². The molecule has 3 N–H and O–H groups in total. The molecular formula is C15H24ClN3O2. The lowest BCUT2D eigenvalue weighted by molar-refractivity contribution is 0.0947. The molecule has 0 radical (unpaired) electrons. The number of fused-ring (bicyclic) bond motifs is 1. The number of nitrogens with one attached hydrogen (secondary N) is 3. The van der Waals surface area contributed by atoms with Crippen molar-refractivity contribution in [2.75, 3.05) is 19.6 Å². The lowest BCUT2D eigenvalue weighted by atomic mass is 9.94. The van der Waals surface area contributed by atoms with Gasteiger partial charge in [0.15, 0.2) is 5.78 Å². The van der Waals surface area contributed by atoms with Crippen molar-refractivity contribution in [1.29, 1.82) is 0 Å². The number of carbonyl (C=O) groups excluding carboxylic acids is 2. The average Bonchev–Trinajstić information content (AvgIpc) is 2.77. The third-order valence-corrected chi connectivity index (χ3v) is 3.68. The molecular weight excluding hydrogens is 290 g/mol. The quantitative estimate of drug-likeness (QED) is 0.703. The molecule has 0 bridgehead atoms. The van der Waals surface area contributed by atoms with Crippen LogP contribution in [-0.2, 0) is 6.42 Å². The van der Waals surface area contributed by atoms with E-state index in [1.807, 2.05) is 6.92 Å². The van der Waals surface area contributed by atoms with E-state index in [9.17, 15) is 9.59 Å². The second-order valence-corrected chi connectivity index (χ2v) is 5.26. The molecule has 118 valence electrons. The highest BCUT2D eigenvalue weighted by Crippen LogP contribution is 2.26. The number of hydrogen-bond acceptors (Lipinski definition) is 3. The van der Waals surface area contributed by atoms with Crippen molar-refractivity contribution < 1.29 is 9.59 Å². The molecule has 1 amide bonds. The number of amides is 1. The van der Waals surface area contributed by atoms with Crippen molar-refractivity contribution in [2.45, 2.75) is 39.5 Å². The van der Waals surface area contributed by atoms with Gasteiger partial charge in [-0.15, -0.1) is 12.4 Å². The lowest BCUT2D eigenvalue weighted by Crippen LogP contribution is -2.32. The molecule has 1 heterocycles. The molecule has 0 fully saturated rings. The number of carbonyl (C=O) groups is 2. The standard InChI is InChI=1S/C15H23N3O2.ClH/c1-3-7-16-8-9-17-15(20)14-10(2)13-11(18-14)5-4-6-12(13)19;/h16,18H,3-9H2,1-2H3,(H,17,20);1H. The number of halogens is 1. The molecule has 0 aromatic carbocycles. The smallest absolute Gasteiger partial charge is 0.268 e. The van der Waals surface area contributed by atoms with Crippen LogP contribution >= 0.6 is 12.4 Å². The van der Waals surface area contributed by atoms with Crippen molar-refractivity contribution in [2.24, 2.45) is 0 Å². The SMILES string of the molecule is CCCNCCNC(=O)c1[nH]c2c(c1C)C(=O)CCC2.Cl. The number of Topliss-reactive ketones (excluding diaryl/α,β-unsaturated/α-hetero) is 1. The van der Waals surface area contributed by atoms with Gasteiger partial charge >= 0.3 is 0 Å². The summed E-state index contributed by atoms with van der Waals surface area (Å²) in [6.45, 7) is 6.27. The van der Waals surface area contributed by atoms with E-state index in [1.165, 1.54) is 0 Å². The van der Waals surface area contributed by atoms with E-state index >= 15 is 0 Å². The summed E-state index contributed by atoms with van der Waals surface area (Å²) in [5, 5.41) is 6.11. The topological polar surface area (TPSA) is 74.0 Å². The Morgan fingerprint density at radius 3 is 2.67 bits per heavy atom. The van der Waals surface area contributed by atoms with Crippen molar-refractivity contribution in [3.05, 3.63) is 22.5 Å². The maximum atomic E-state index is 12.1. The number of hydrogen-bond donors (Lipinski definition) is 3. The predicted molar refractivity (Wildman–Crippen MR) is 85.5 cm³/mol. The summed E-state index contributed by atoms with van der Waals surface area (Å²) in [7, 11) is 0. The fourth-order valence-electron chi connectivity index (χ4n) is 2.66. The first-order valence-corrected chi connectivity index (χ1v) is 7.38. The van der Waals surface area contributed by atoms with Crippen molar-refractivity contribution in [3.8, 4) is 0 Å². The zero-order valence-corrected chi connectivity index (χ0v) is 13.5. The summed E-state index contributed by atoms with van der Waals surface area (Å²) in [5.41, 5.74) is 3.00. The summed E-state index contributed by atoms with van der Waals surface area (Å²) in [4.78, 5) is 27.2. The highest BCUT2D eigenvalue weighted by molar-refractivity contribution is 6.04. The zero-order valence-electron chi connectivity index (χ0n) is 12.7. The van der Waals surface area contributed by atoms with Crippen LogP contribution in [0.1, 0.15) is 58.3 Å². The minimum atomic E-state index is -0.122. The second-order valence-electron chi connectivity index (χ2n) is 5.26. The molecule has 0 atom stereocenters. The number of aromatic nitrogens is 1. The van der Waals surface area contributed by atoms with E-state index < -0.39 is 0 Å². The maximum Gasteiger partial charge on any atom is 0.268 e. The van der Waals surface area contributed by atoms with Crippen molar-refractivity contribution in [1.82, 2.24) is 15.6 Å². The fourth-order valence-corrected chi connectivity index (χ4v) is 2.66.